The highest BCUT2D eigenvalue weighted by molar-refractivity contribution is 7.90. The normalized spacial score (nSPS) is 21.1. The molecule has 2 fully saturated rings. The van der Waals surface area contributed by atoms with Crippen molar-refractivity contribution in [1.82, 2.24) is 4.31 Å². The Morgan fingerprint density at radius 1 is 1.15 bits per heavy atom. The Morgan fingerprint density at radius 3 is 2.40 bits per heavy atom. The summed E-state index contributed by atoms with van der Waals surface area (Å²) in [6.07, 6.45) is 1.66. The van der Waals surface area contributed by atoms with Crippen LogP contribution in [-0.4, -0.2) is 44.2 Å². The maximum absolute atomic E-state index is 12.2. The first kappa shape index (κ1) is 13.7. The fourth-order valence-corrected chi connectivity index (χ4v) is 4.57. The summed E-state index contributed by atoms with van der Waals surface area (Å²) in [5.74, 6) is 0. The van der Waals surface area contributed by atoms with Gasteiger partial charge < -0.3 is 10.6 Å². The number of anilines is 2. The van der Waals surface area contributed by atoms with E-state index >= 15 is 0 Å². The maximum atomic E-state index is 12.2. The molecule has 1 saturated heterocycles. The fraction of sp³-hybridized carbons (Fsp3) is 0.571. The number of benzene rings is 1. The van der Waals surface area contributed by atoms with Crippen molar-refractivity contribution in [2.75, 3.05) is 36.8 Å². The first-order valence-electron chi connectivity index (χ1n) is 7.09. The standard InChI is InChI=1S/C14H21N3O2S/c1-11-13(15)3-2-4-14(11)16-7-9-17(10-8-16)20(18,19)12-5-6-12/h2-4,12H,5-10,15H2,1H3. The van der Waals surface area contributed by atoms with Gasteiger partial charge in [0.1, 0.15) is 0 Å². The molecule has 0 radical (unpaired) electrons. The van der Waals surface area contributed by atoms with Crippen LogP contribution in [0.15, 0.2) is 18.2 Å². The lowest BCUT2D eigenvalue weighted by Gasteiger charge is -2.36. The van der Waals surface area contributed by atoms with E-state index in [-0.39, 0.29) is 5.25 Å². The Bertz CT molecular complexity index is 603. The molecule has 5 nitrogen and oxygen atoms in total. The van der Waals surface area contributed by atoms with Crippen LogP contribution in [-0.2, 0) is 10.0 Å². The average molecular weight is 295 g/mol. The molecule has 0 amide bonds. The third-order valence-electron chi connectivity index (χ3n) is 4.23. The van der Waals surface area contributed by atoms with Crippen LogP contribution in [0.2, 0.25) is 0 Å². The van der Waals surface area contributed by atoms with Crippen LogP contribution < -0.4 is 10.6 Å². The molecule has 2 N–H and O–H groups in total. The van der Waals surface area contributed by atoms with Crippen LogP contribution in [0.4, 0.5) is 11.4 Å². The van der Waals surface area contributed by atoms with Gasteiger partial charge in [0.15, 0.2) is 0 Å². The van der Waals surface area contributed by atoms with Crippen molar-refractivity contribution >= 4 is 21.4 Å². The summed E-state index contributed by atoms with van der Waals surface area (Å²) in [7, 11) is -3.03. The highest BCUT2D eigenvalue weighted by Crippen LogP contribution is 2.32. The Labute approximate surface area is 120 Å². The minimum Gasteiger partial charge on any atom is -0.398 e. The Kier molecular flexibility index (Phi) is 3.38. The number of hydrogen-bond donors (Lipinski definition) is 1. The lowest BCUT2D eigenvalue weighted by Crippen LogP contribution is -2.49. The van der Waals surface area contributed by atoms with Crippen molar-refractivity contribution < 1.29 is 8.42 Å². The number of nitrogens with zero attached hydrogens (tertiary/aromatic N) is 2. The molecule has 6 heteroatoms. The van der Waals surface area contributed by atoms with E-state index in [4.69, 9.17) is 5.73 Å². The number of rotatable bonds is 3. The number of piperazine rings is 1. The number of hydrogen-bond acceptors (Lipinski definition) is 4. The summed E-state index contributed by atoms with van der Waals surface area (Å²) in [6, 6.07) is 5.90. The van der Waals surface area contributed by atoms with E-state index in [0.717, 1.165) is 42.9 Å². The van der Waals surface area contributed by atoms with Gasteiger partial charge in [-0.2, -0.15) is 4.31 Å². The first-order chi connectivity index (χ1) is 9.50. The van der Waals surface area contributed by atoms with E-state index in [9.17, 15) is 8.42 Å². The van der Waals surface area contributed by atoms with Crippen molar-refractivity contribution in [3.8, 4) is 0 Å². The topological polar surface area (TPSA) is 66.6 Å². The molecule has 1 aliphatic carbocycles. The number of sulfonamides is 1. The molecular weight excluding hydrogens is 274 g/mol. The summed E-state index contributed by atoms with van der Waals surface area (Å²) in [5.41, 5.74) is 8.92. The van der Waals surface area contributed by atoms with Gasteiger partial charge in [-0.15, -0.1) is 0 Å². The van der Waals surface area contributed by atoms with E-state index in [1.807, 2.05) is 19.1 Å². The zero-order valence-corrected chi connectivity index (χ0v) is 12.6. The van der Waals surface area contributed by atoms with Crippen molar-refractivity contribution in [2.45, 2.75) is 25.0 Å². The third-order valence-corrected chi connectivity index (χ3v) is 6.63. The fourth-order valence-electron chi connectivity index (χ4n) is 2.74. The van der Waals surface area contributed by atoms with Crippen LogP contribution in [0, 0.1) is 6.92 Å². The molecule has 20 heavy (non-hydrogen) atoms. The minimum absolute atomic E-state index is 0.108. The van der Waals surface area contributed by atoms with Gasteiger partial charge in [0.2, 0.25) is 10.0 Å². The van der Waals surface area contributed by atoms with E-state index in [1.165, 1.54) is 0 Å². The molecular formula is C14H21N3O2S. The summed E-state index contributed by atoms with van der Waals surface area (Å²) in [4.78, 5) is 2.23. The lowest BCUT2D eigenvalue weighted by molar-refractivity contribution is 0.384. The summed E-state index contributed by atoms with van der Waals surface area (Å²) in [5, 5.41) is -0.108. The molecule has 1 aliphatic heterocycles. The van der Waals surface area contributed by atoms with Gasteiger partial charge in [0.25, 0.3) is 0 Å². The predicted molar refractivity (Wildman–Crippen MR) is 81.3 cm³/mol. The van der Waals surface area contributed by atoms with Gasteiger partial charge in [-0.05, 0) is 37.5 Å². The molecule has 1 aromatic carbocycles. The van der Waals surface area contributed by atoms with Gasteiger partial charge in [0.05, 0.1) is 5.25 Å². The summed E-state index contributed by atoms with van der Waals surface area (Å²) < 4.78 is 26.1. The molecule has 0 aromatic heterocycles. The summed E-state index contributed by atoms with van der Waals surface area (Å²) >= 11 is 0. The largest absolute Gasteiger partial charge is 0.398 e. The Morgan fingerprint density at radius 2 is 1.80 bits per heavy atom. The zero-order valence-electron chi connectivity index (χ0n) is 11.7. The SMILES string of the molecule is Cc1c(N)cccc1N1CCN(S(=O)(=O)C2CC2)CC1. The Hall–Kier alpha value is -1.27. The molecule has 110 valence electrons. The second kappa shape index (κ2) is 4.93. The van der Waals surface area contributed by atoms with Gasteiger partial charge in [-0.1, -0.05) is 6.07 Å². The smallest absolute Gasteiger partial charge is 0.217 e. The van der Waals surface area contributed by atoms with E-state index in [1.54, 1.807) is 4.31 Å². The van der Waals surface area contributed by atoms with Gasteiger partial charge in [-0.3, -0.25) is 0 Å². The second-order valence-electron chi connectivity index (χ2n) is 5.62. The van der Waals surface area contributed by atoms with Crippen LogP contribution in [0.5, 0.6) is 0 Å². The van der Waals surface area contributed by atoms with Crippen LogP contribution in [0.1, 0.15) is 18.4 Å². The summed E-state index contributed by atoms with van der Waals surface area (Å²) in [6.45, 7) is 4.63. The van der Waals surface area contributed by atoms with Crippen molar-refractivity contribution in [3.05, 3.63) is 23.8 Å². The number of nitrogen functional groups attached to an aromatic ring is 1. The van der Waals surface area contributed by atoms with Gasteiger partial charge >= 0.3 is 0 Å². The van der Waals surface area contributed by atoms with Gasteiger partial charge in [-0.25, -0.2) is 8.42 Å². The Balaban J connectivity index is 1.71. The van der Waals surface area contributed by atoms with Crippen molar-refractivity contribution in [1.29, 1.82) is 0 Å². The van der Waals surface area contributed by atoms with Gasteiger partial charge in [0, 0.05) is 37.6 Å². The monoisotopic (exact) mass is 295 g/mol. The van der Waals surface area contributed by atoms with Crippen molar-refractivity contribution in [2.24, 2.45) is 0 Å². The highest BCUT2D eigenvalue weighted by Gasteiger charge is 2.41. The first-order valence-corrected chi connectivity index (χ1v) is 8.59. The molecule has 1 saturated carbocycles. The van der Waals surface area contributed by atoms with Crippen LogP contribution in [0.3, 0.4) is 0 Å². The van der Waals surface area contributed by atoms with Crippen LogP contribution >= 0.6 is 0 Å². The molecule has 0 unspecified atom stereocenters. The highest BCUT2D eigenvalue weighted by atomic mass is 32.2. The molecule has 1 aromatic rings. The van der Waals surface area contributed by atoms with E-state index < -0.39 is 10.0 Å². The van der Waals surface area contributed by atoms with E-state index in [2.05, 4.69) is 11.0 Å². The maximum Gasteiger partial charge on any atom is 0.217 e. The second-order valence-corrected chi connectivity index (χ2v) is 7.83. The molecule has 1 heterocycles. The zero-order chi connectivity index (χ0) is 14.3. The van der Waals surface area contributed by atoms with Crippen molar-refractivity contribution in [3.63, 3.8) is 0 Å². The molecule has 0 spiro atoms. The quantitative estimate of drug-likeness (QED) is 0.851. The predicted octanol–water partition coefficient (Wildman–Crippen LogP) is 1.19. The van der Waals surface area contributed by atoms with E-state index in [0.29, 0.717) is 13.1 Å². The molecule has 0 bridgehead atoms. The average Bonchev–Trinajstić information content (AvgIpc) is 3.27. The molecule has 0 atom stereocenters. The third kappa shape index (κ3) is 2.38. The van der Waals surface area contributed by atoms with Crippen LogP contribution in [0.25, 0.3) is 0 Å². The molecule has 3 rings (SSSR count). The number of nitrogens with two attached hydrogens (primary N) is 1. The lowest BCUT2D eigenvalue weighted by atomic mass is 10.1. The molecule has 2 aliphatic rings. The minimum atomic E-state index is -3.03.